The Kier molecular flexibility index (Phi) is 7.73. The van der Waals surface area contributed by atoms with Crippen LogP contribution < -0.4 is 5.73 Å². The van der Waals surface area contributed by atoms with Crippen LogP contribution in [0.15, 0.2) is 42.9 Å². The molecule has 36 heavy (non-hydrogen) atoms. The van der Waals surface area contributed by atoms with E-state index in [0.717, 1.165) is 43.3 Å². The first kappa shape index (κ1) is 25.8. The van der Waals surface area contributed by atoms with Gasteiger partial charge in [0.15, 0.2) is 0 Å². The van der Waals surface area contributed by atoms with Crippen LogP contribution in [0.5, 0.6) is 0 Å². The second kappa shape index (κ2) is 10.8. The molecule has 1 fully saturated rings. The average Bonchev–Trinajstić information content (AvgIpc) is 3.30. The molecule has 2 N–H and O–H groups in total. The molecule has 4 rings (SSSR count). The number of amides is 1. The van der Waals surface area contributed by atoms with Gasteiger partial charge in [-0.05, 0) is 69.4 Å². The maximum Gasteiger partial charge on any atom is 0.419 e. The number of alkyl halides is 3. The number of hydrogen-bond donors (Lipinski definition) is 1. The number of nitrogens with zero attached hydrogens (tertiary/aromatic N) is 5. The van der Waals surface area contributed by atoms with E-state index in [4.69, 9.17) is 5.73 Å². The molecule has 1 unspecified atom stereocenters. The molecule has 192 valence electrons. The maximum absolute atomic E-state index is 13.7. The molecular weight excluding hydrogens is 469 g/mol. The van der Waals surface area contributed by atoms with Crippen molar-refractivity contribution in [3.63, 3.8) is 0 Å². The molecule has 0 aliphatic carbocycles. The Balaban J connectivity index is 1.53. The summed E-state index contributed by atoms with van der Waals surface area (Å²) in [5, 5.41) is 4.48. The van der Waals surface area contributed by atoms with E-state index >= 15 is 0 Å². The summed E-state index contributed by atoms with van der Waals surface area (Å²) in [6.07, 6.45) is 2.65. The molecule has 0 bridgehead atoms. The summed E-state index contributed by atoms with van der Waals surface area (Å²) in [7, 11) is 2.10. The van der Waals surface area contributed by atoms with Gasteiger partial charge in [0.05, 0.1) is 29.4 Å². The number of piperidine rings is 1. The molecule has 3 heterocycles. The van der Waals surface area contributed by atoms with E-state index in [2.05, 4.69) is 27.0 Å². The number of rotatable bonds is 8. The predicted molar refractivity (Wildman–Crippen MR) is 129 cm³/mol. The molecule has 3 aromatic rings. The van der Waals surface area contributed by atoms with Crippen LogP contribution in [-0.4, -0.2) is 50.7 Å². The zero-order valence-corrected chi connectivity index (χ0v) is 20.5. The number of halogens is 3. The van der Waals surface area contributed by atoms with Crippen molar-refractivity contribution in [2.45, 2.75) is 57.2 Å². The van der Waals surface area contributed by atoms with E-state index < -0.39 is 23.6 Å². The Hall–Kier alpha value is -3.27. The highest BCUT2D eigenvalue weighted by molar-refractivity contribution is 5.81. The number of carbonyl (C=O) groups is 1. The molecule has 0 radical (unpaired) electrons. The second-order valence-electron chi connectivity index (χ2n) is 9.51. The summed E-state index contributed by atoms with van der Waals surface area (Å²) in [6, 6.07) is 7.49. The number of primary amides is 1. The topological polar surface area (TPSA) is 89.9 Å². The number of aryl methyl sites for hydroxylation is 2. The van der Waals surface area contributed by atoms with Crippen LogP contribution in [0.25, 0.3) is 0 Å². The number of hydrogen-bond acceptors (Lipinski definition) is 5. The third-order valence-electron chi connectivity index (χ3n) is 6.88. The maximum atomic E-state index is 13.7. The first-order valence-corrected chi connectivity index (χ1v) is 12.1. The number of likely N-dealkylation sites (tertiary alicyclic amines) is 1. The van der Waals surface area contributed by atoms with Crippen LogP contribution in [0.2, 0.25) is 0 Å². The van der Waals surface area contributed by atoms with Crippen LogP contribution in [0, 0.1) is 0 Å². The quantitative estimate of drug-likeness (QED) is 0.506. The Labute approximate surface area is 208 Å². The van der Waals surface area contributed by atoms with Crippen molar-refractivity contribution in [1.82, 2.24) is 24.6 Å². The van der Waals surface area contributed by atoms with Crippen LogP contribution in [0.4, 0.5) is 13.2 Å². The lowest BCUT2D eigenvalue weighted by atomic mass is 9.92. The van der Waals surface area contributed by atoms with Gasteiger partial charge in [0.25, 0.3) is 0 Å². The summed E-state index contributed by atoms with van der Waals surface area (Å²) in [5.74, 6) is -0.700. The first-order chi connectivity index (χ1) is 17.1. The van der Waals surface area contributed by atoms with Crippen LogP contribution in [0.3, 0.4) is 0 Å². The Morgan fingerprint density at radius 1 is 1.17 bits per heavy atom. The van der Waals surface area contributed by atoms with Crippen molar-refractivity contribution in [1.29, 1.82) is 0 Å². The van der Waals surface area contributed by atoms with Gasteiger partial charge >= 0.3 is 6.18 Å². The number of carbonyl (C=O) groups excluding carboxylic acids is 1. The van der Waals surface area contributed by atoms with Crippen molar-refractivity contribution in [2.24, 2.45) is 5.73 Å². The molecule has 7 nitrogen and oxygen atoms in total. The minimum absolute atomic E-state index is 0.0573. The van der Waals surface area contributed by atoms with E-state index in [1.54, 1.807) is 31.3 Å². The molecule has 1 atom stereocenters. The Morgan fingerprint density at radius 2 is 1.89 bits per heavy atom. The van der Waals surface area contributed by atoms with Gasteiger partial charge in [-0.25, -0.2) is 9.97 Å². The number of benzene rings is 1. The minimum Gasteiger partial charge on any atom is -0.369 e. The van der Waals surface area contributed by atoms with Gasteiger partial charge in [-0.15, -0.1) is 0 Å². The van der Waals surface area contributed by atoms with Crippen LogP contribution in [0.1, 0.15) is 65.5 Å². The van der Waals surface area contributed by atoms with Gasteiger partial charge in [-0.2, -0.15) is 18.3 Å². The largest absolute Gasteiger partial charge is 0.419 e. The molecule has 1 aliphatic heterocycles. The van der Waals surface area contributed by atoms with Gasteiger partial charge < -0.3 is 10.6 Å². The fraction of sp³-hybridized carbons (Fsp3) is 0.462. The van der Waals surface area contributed by atoms with Crippen molar-refractivity contribution >= 4 is 5.91 Å². The van der Waals surface area contributed by atoms with E-state index in [-0.39, 0.29) is 12.1 Å². The second-order valence-corrected chi connectivity index (χ2v) is 9.51. The normalized spacial score (nSPS) is 16.2. The molecule has 10 heteroatoms. The highest BCUT2D eigenvalue weighted by Crippen LogP contribution is 2.32. The summed E-state index contributed by atoms with van der Waals surface area (Å²) in [5.41, 5.74) is 6.91. The van der Waals surface area contributed by atoms with Crippen LogP contribution in [-0.2, 0) is 30.2 Å². The number of nitrogens with two attached hydrogens (primary N) is 1. The third kappa shape index (κ3) is 6.10. The van der Waals surface area contributed by atoms with Crippen molar-refractivity contribution in [2.75, 3.05) is 20.1 Å². The van der Waals surface area contributed by atoms with Gasteiger partial charge in [-0.3, -0.25) is 9.48 Å². The van der Waals surface area contributed by atoms with Crippen molar-refractivity contribution in [3.8, 4) is 0 Å². The fourth-order valence-corrected chi connectivity index (χ4v) is 4.67. The van der Waals surface area contributed by atoms with Gasteiger partial charge in [0.2, 0.25) is 5.91 Å². The standard InChI is InChI=1S/C26H31F3N6O/c1-17(25(30)36)21-6-4-3-5-19(21)7-8-23-22(26(27,28)29)15-31-24(33-23)13-18-14-32-35(16-18)20-9-11-34(2)12-10-20/h3-6,14-17,20H,7-13H2,1-2H3,(H2,30,36). The smallest absolute Gasteiger partial charge is 0.369 e. The zero-order valence-electron chi connectivity index (χ0n) is 20.5. The van der Waals surface area contributed by atoms with Crippen molar-refractivity contribution < 1.29 is 18.0 Å². The lowest BCUT2D eigenvalue weighted by molar-refractivity contribution is -0.138. The highest BCUT2D eigenvalue weighted by atomic mass is 19.4. The molecule has 2 aromatic heterocycles. The van der Waals surface area contributed by atoms with E-state index in [9.17, 15) is 18.0 Å². The minimum atomic E-state index is -4.56. The van der Waals surface area contributed by atoms with E-state index in [0.29, 0.717) is 30.3 Å². The number of aromatic nitrogens is 4. The lowest BCUT2D eigenvalue weighted by Crippen LogP contribution is -2.31. The summed E-state index contributed by atoms with van der Waals surface area (Å²) >= 11 is 0. The molecule has 1 saturated heterocycles. The third-order valence-corrected chi connectivity index (χ3v) is 6.88. The molecule has 1 aliphatic rings. The van der Waals surface area contributed by atoms with Gasteiger partial charge in [0.1, 0.15) is 5.82 Å². The summed E-state index contributed by atoms with van der Waals surface area (Å²) in [6.45, 7) is 3.70. The first-order valence-electron chi connectivity index (χ1n) is 12.1. The average molecular weight is 501 g/mol. The Morgan fingerprint density at radius 3 is 2.58 bits per heavy atom. The SMILES string of the molecule is CC(C(N)=O)c1ccccc1CCc1nc(Cc2cnn(C3CCN(C)CC3)c2)ncc1C(F)(F)F. The molecular formula is C26H31F3N6O. The summed E-state index contributed by atoms with van der Waals surface area (Å²) in [4.78, 5) is 22.3. The fourth-order valence-electron chi connectivity index (χ4n) is 4.67. The Bertz CT molecular complexity index is 1200. The van der Waals surface area contributed by atoms with Crippen molar-refractivity contribution in [3.05, 3.63) is 76.6 Å². The van der Waals surface area contributed by atoms with Gasteiger partial charge in [0, 0.05) is 18.8 Å². The van der Waals surface area contributed by atoms with E-state index in [1.165, 1.54) is 0 Å². The van der Waals surface area contributed by atoms with Gasteiger partial charge in [-0.1, -0.05) is 24.3 Å². The van der Waals surface area contributed by atoms with Crippen LogP contribution >= 0.6 is 0 Å². The summed E-state index contributed by atoms with van der Waals surface area (Å²) < 4.78 is 43.1. The molecule has 1 aromatic carbocycles. The monoisotopic (exact) mass is 500 g/mol. The van der Waals surface area contributed by atoms with E-state index in [1.807, 2.05) is 16.9 Å². The highest BCUT2D eigenvalue weighted by Gasteiger charge is 2.35. The molecule has 1 amide bonds. The lowest BCUT2D eigenvalue weighted by Gasteiger charge is -2.28. The molecule has 0 saturated carbocycles. The predicted octanol–water partition coefficient (Wildman–Crippen LogP) is 3.92. The zero-order chi connectivity index (χ0) is 25.9. The molecule has 0 spiro atoms.